The summed E-state index contributed by atoms with van der Waals surface area (Å²) in [6, 6.07) is 7.84. The molecule has 2 amide bonds. The summed E-state index contributed by atoms with van der Waals surface area (Å²) in [4.78, 5) is 52.4. The fraction of sp³-hybridized carbons (Fsp3) is 0.514. The molecule has 2 aromatic heterocycles. The molecule has 2 aliphatic rings. The van der Waals surface area contributed by atoms with Crippen LogP contribution in [0.1, 0.15) is 78.4 Å². The second-order valence-corrected chi connectivity index (χ2v) is 16.0. The molecule has 0 radical (unpaired) electrons. The lowest BCUT2D eigenvalue weighted by molar-refractivity contribution is -0.163. The SMILES string of the molecule is CCCC1N(C(=O)c2ncccc2C(F)(F)F)CCCC1(Oc1csc(C(F)(F)F)c1)C(=O)N1CCC(O)(c2ccccc2OCCCP(=O)(O)O)CC1. The Balaban J connectivity index is 1.47. The standard InChI is InChI=1S/C35H40F6N3O8PS/c1-2-8-27-33(52-23-21-28(54-22-23)35(39,40)41,12-6-16-44(27)30(45)29-25(34(36,37)38)10-5-15-42-29)31(46)43-17-13-32(47,14-18-43)24-9-3-4-11-26(24)51-19-7-20-53(48,49)50/h3-5,9-11,15,21-22,27,47H,2,6-8,12-14,16-20H2,1H3,(H2,48,49,50). The first-order valence-corrected chi connectivity index (χ1v) is 19.9. The molecule has 11 nitrogen and oxygen atoms in total. The lowest BCUT2D eigenvalue weighted by Gasteiger charge is -2.51. The topological polar surface area (TPSA) is 150 Å². The Bertz CT molecular complexity index is 1850. The molecule has 2 unspecified atom stereocenters. The van der Waals surface area contributed by atoms with E-state index in [1.54, 1.807) is 31.2 Å². The smallest absolute Gasteiger partial charge is 0.425 e. The number of hydrogen-bond donors (Lipinski definition) is 3. The molecule has 19 heteroatoms. The Morgan fingerprint density at radius 2 is 1.72 bits per heavy atom. The summed E-state index contributed by atoms with van der Waals surface area (Å²) < 4.78 is 106. The second-order valence-electron chi connectivity index (χ2n) is 13.4. The highest BCUT2D eigenvalue weighted by Crippen LogP contribution is 2.44. The third kappa shape index (κ3) is 9.21. The molecular formula is C35H40F6N3O8PS. The van der Waals surface area contributed by atoms with E-state index in [-0.39, 0.29) is 76.3 Å². The number of likely N-dealkylation sites (tertiary alicyclic amines) is 2. The van der Waals surface area contributed by atoms with Crippen molar-refractivity contribution in [2.45, 2.75) is 81.5 Å². The van der Waals surface area contributed by atoms with Gasteiger partial charge >= 0.3 is 19.9 Å². The van der Waals surface area contributed by atoms with Gasteiger partial charge in [-0.15, -0.1) is 11.3 Å². The van der Waals surface area contributed by atoms with Crippen LogP contribution in [0.4, 0.5) is 26.3 Å². The number of hydrogen-bond acceptors (Lipinski definition) is 8. The Morgan fingerprint density at radius 1 is 1.02 bits per heavy atom. The van der Waals surface area contributed by atoms with Crippen molar-refractivity contribution in [2.75, 3.05) is 32.4 Å². The number of para-hydroxylation sites is 1. The predicted molar refractivity (Wildman–Crippen MR) is 184 cm³/mol. The number of alkyl halides is 6. The minimum atomic E-state index is -4.93. The average Bonchev–Trinajstić information content (AvgIpc) is 3.59. The maximum atomic E-state index is 14.8. The molecule has 0 bridgehead atoms. The van der Waals surface area contributed by atoms with E-state index in [1.807, 2.05) is 0 Å². The number of aromatic nitrogens is 1. The molecule has 2 fully saturated rings. The van der Waals surface area contributed by atoms with E-state index in [2.05, 4.69) is 4.98 Å². The number of carbonyl (C=O) groups is 2. The number of piperidine rings is 2. The van der Waals surface area contributed by atoms with Crippen LogP contribution in [0.2, 0.25) is 0 Å². The molecule has 5 rings (SSSR count). The van der Waals surface area contributed by atoms with Gasteiger partial charge in [-0.05, 0) is 50.3 Å². The van der Waals surface area contributed by atoms with E-state index >= 15 is 0 Å². The van der Waals surface area contributed by atoms with Crippen molar-refractivity contribution >= 4 is 30.7 Å². The number of carbonyl (C=O) groups excluding carboxylic acids is 2. The first-order chi connectivity index (χ1) is 25.3. The van der Waals surface area contributed by atoms with Gasteiger partial charge in [-0.1, -0.05) is 31.5 Å². The normalized spacial score (nSPS) is 20.8. The molecule has 2 atom stereocenters. The van der Waals surface area contributed by atoms with Crippen molar-refractivity contribution in [1.29, 1.82) is 0 Å². The van der Waals surface area contributed by atoms with Gasteiger partial charge in [0.2, 0.25) is 5.60 Å². The van der Waals surface area contributed by atoms with Gasteiger partial charge in [0.25, 0.3) is 11.8 Å². The van der Waals surface area contributed by atoms with Crippen molar-refractivity contribution in [3.8, 4) is 11.5 Å². The number of thiophene rings is 1. The number of pyridine rings is 1. The molecule has 296 valence electrons. The number of nitrogens with zero attached hydrogens (tertiary/aromatic N) is 3. The Hall–Kier alpha value is -3.70. The van der Waals surface area contributed by atoms with Crippen LogP contribution in [0.15, 0.2) is 54.0 Å². The molecule has 0 spiro atoms. The van der Waals surface area contributed by atoms with Gasteiger partial charge in [-0.25, -0.2) is 0 Å². The van der Waals surface area contributed by atoms with Crippen molar-refractivity contribution in [1.82, 2.24) is 14.8 Å². The summed E-state index contributed by atoms with van der Waals surface area (Å²) in [6.07, 6.45) is -8.65. The molecular weight excluding hydrogens is 767 g/mol. The van der Waals surface area contributed by atoms with Gasteiger partial charge in [0.1, 0.15) is 22.1 Å². The second kappa shape index (κ2) is 16.2. The van der Waals surface area contributed by atoms with Crippen LogP contribution in [-0.2, 0) is 27.3 Å². The number of rotatable bonds is 12. The highest BCUT2D eigenvalue weighted by molar-refractivity contribution is 7.51. The third-order valence-corrected chi connectivity index (χ3v) is 11.5. The van der Waals surface area contributed by atoms with Crippen LogP contribution < -0.4 is 9.47 Å². The highest BCUT2D eigenvalue weighted by Gasteiger charge is 2.56. The molecule has 0 aliphatic carbocycles. The maximum absolute atomic E-state index is 14.8. The molecule has 1 aromatic carbocycles. The number of ether oxygens (including phenoxy) is 2. The van der Waals surface area contributed by atoms with Crippen molar-refractivity contribution in [3.63, 3.8) is 0 Å². The average molecular weight is 808 g/mol. The number of aliphatic hydroxyl groups is 1. The fourth-order valence-corrected chi connectivity index (χ4v) is 8.34. The molecule has 4 heterocycles. The Labute approximate surface area is 311 Å². The summed E-state index contributed by atoms with van der Waals surface area (Å²) in [5.41, 5.74) is -5.32. The van der Waals surface area contributed by atoms with Gasteiger partial charge in [-0.3, -0.25) is 19.1 Å². The molecule has 0 saturated carbocycles. The number of benzene rings is 1. The van der Waals surface area contributed by atoms with Crippen LogP contribution in [0, 0.1) is 0 Å². The quantitative estimate of drug-likeness (QED) is 0.101. The van der Waals surface area contributed by atoms with E-state index in [1.165, 1.54) is 4.90 Å². The predicted octanol–water partition coefficient (Wildman–Crippen LogP) is 6.86. The summed E-state index contributed by atoms with van der Waals surface area (Å²) in [5.74, 6) is -1.81. The molecule has 2 aliphatic heterocycles. The van der Waals surface area contributed by atoms with Gasteiger partial charge in [0.15, 0.2) is 0 Å². The third-order valence-electron chi connectivity index (χ3n) is 9.63. The molecule has 3 aromatic rings. The van der Waals surface area contributed by atoms with E-state index in [9.17, 15) is 45.6 Å². The lowest BCUT2D eigenvalue weighted by atomic mass is 9.78. The van der Waals surface area contributed by atoms with Crippen LogP contribution in [0.3, 0.4) is 0 Å². The fourth-order valence-electron chi connectivity index (χ4n) is 7.12. The summed E-state index contributed by atoms with van der Waals surface area (Å²) in [6.45, 7) is 1.47. The van der Waals surface area contributed by atoms with Crippen molar-refractivity contribution in [2.24, 2.45) is 0 Å². The lowest BCUT2D eigenvalue weighted by Crippen LogP contribution is -2.68. The summed E-state index contributed by atoms with van der Waals surface area (Å²) >= 11 is 0.347. The van der Waals surface area contributed by atoms with E-state index in [0.717, 1.165) is 34.7 Å². The number of amides is 2. The first kappa shape index (κ1) is 41.5. The Morgan fingerprint density at radius 3 is 2.35 bits per heavy atom. The van der Waals surface area contributed by atoms with Gasteiger partial charge in [-0.2, -0.15) is 26.3 Å². The van der Waals surface area contributed by atoms with Crippen LogP contribution in [0.5, 0.6) is 11.5 Å². The summed E-state index contributed by atoms with van der Waals surface area (Å²) in [7, 11) is -4.24. The zero-order valence-electron chi connectivity index (χ0n) is 29.1. The summed E-state index contributed by atoms with van der Waals surface area (Å²) in [5, 5.41) is 12.9. The number of halogens is 6. The van der Waals surface area contributed by atoms with Crippen LogP contribution in [0.25, 0.3) is 0 Å². The van der Waals surface area contributed by atoms with Gasteiger partial charge in [0, 0.05) is 49.3 Å². The largest absolute Gasteiger partial charge is 0.493 e. The van der Waals surface area contributed by atoms with Gasteiger partial charge in [0.05, 0.1) is 30.0 Å². The van der Waals surface area contributed by atoms with E-state index < -0.39 is 71.3 Å². The van der Waals surface area contributed by atoms with E-state index in [4.69, 9.17) is 19.3 Å². The first-order valence-electron chi connectivity index (χ1n) is 17.3. The maximum Gasteiger partial charge on any atom is 0.425 e. The zero-order chi connectivity index (χ0) is 39.5. The zero-order valence-corrected chi connectivity index (χ0v) is 30.8. The van der Waals surface area contributed by atoms with Crippen molar-refractivity contribution in [3.05, 3.63) is 75.7 Å². The minimum absolute atomic E-state index is 0.0294. The van der Waals surface area contributed by atoms with Crippen LogP contribution >= 0.6 is 18.9 Å². The molecule has 3 N–H and O–H groups in total. The van der Waals surface area contributed by atoms with Crippen LogP contribution in [-0.4, -0.2) is 85.5 Å². The minimum Gasteiger partial charge on any atom is -0.493 e. The van der Waals surface area contributed by atoms with Gasteiger partial charge < -0.3 is 34.2 Å². The highest BCUT2D eigenvalue weighted by atomic mass is 32.1. The molecule has 2 saturated heterocycles. The monoisotopic (exact) mass is 807 g/mol. The molecule has 54 heavy (non-hydrogen) atoms. The van der Waals surface area contributed by atoms with Crippen molar-refractivity contribution < 1.29 is 64.9 Å². The van der Waals surface area contributed by atoms with E-state index in [0.29, 0.717) is 23.3 Å². The Kier molecular flexibility index (Phi) is 12.4.